The maximum Gasteiger partial charge on any atom is 0.227 e. The highest BCUT2D eigenvalue weighted by Crippen LogP contribution is 2.29. The van der Waals surface area contributed by atoms with E-state index in [4.69, 9.17) is 10.5 Å². The van der Waals surface area contributed by atoms with E-state index in [1.54, 1.807) is 12.1 Å². The normalized spacial score (nSPS) is 19.0. The summed E-state index contributed by atoms with van der Waals surface area (Å²) in [6.45, 7) is 3.45. The van der Waals surface area contributed by atoms with E-state index in [0.717, 1.165) is 5.56 Å². The highest BCUT2D eigenvalue weighted by Gasteiger charge is 2.39. The van der Waals surface area contributed by atoms with Gasteiger partial charge in [0.25, 0.3) is 0 Å². The molecule has 1 atom stereocenters. The molecule has 3 N–H and O–H groups in total. The van der Waals surface area contributed by atoms with Gasteiger partial charge in [-0.3, -0.25) is 4.79 Å². The van der Waals surface area contributed by atoms with Crippen LogP contribution in [0, 0.1) is 11.2 Å². The highest BCUT2D eigenvalue weighted by molar-refractivity contribution is 5.83. The summed E-state index contributed by atoms with van der Waals surface area (Å²) in [6.07, 6.45) is 2.00. The number of amides is 1. The van der Waals surface area contributed by atoms with Crippen LogP contribution in [0.3, 0.4) is 0 Å². The summed E-state index contributed by atoms with van der Waals surface area (Å²) in [5.41, 5.74) is 6.32. The highest BCUT2D eigenvalue weighted by atomic mass is 19.1. The van der Waals surface area contributed by atoms with Crippen LogP contribution in [0.2, 0.25) is 0 Å². The molecule has 0 aromatic heterocycles. The zero-order valence-electron chi connectivity index (χ0n) is 12.4. The summed E-state index contributed by atoms with van der Waals surface area (Å²) in [4.78, 5) is 12.5. The van der Waals surface area contributed by atoms with Gasteiger partial charge >= 0.3 is 0 Å². The molecule has 2 rings (SSSR count). The van der Waals surface area contributed by atoms with E-state index in [1.165, 1.54) is 12.1 Å². The number of rotatable bonds is 5. The Hall–Kier alpha value is -1.46. The number of ether oxygens (including phenoxy) is 1. The average molecular weight is 294 g/mol. The fourth-order valence-electron chi connectivity index (χ4n) is 2.69. The van der Waals surface area contributed by atoms with Crippen molar-refractivity contribution in [2.75, 3.05) is 19.8 Å². The van der Waals surface area contributed by atoms with E-state index < -0.39 is 5.41 Å². The van der Waals surface area contributed by atoms with Crippen LogP contribution in [0.25, 0.3) is 0 Å². The van der Waals surface area contributed by atoms with Crippen LogP contribution in [0.15, 0.2) is 24.3 Å². The zero-order valence-corrected chi connectivity index (χ0v) is 12.4. The van der Waals surface area contributed by atoms with Gasteiger partial charge < -0.3 is 15.8 Å². The Morgan fingerprint density at radius 3 is 2.57 bits per heavy atom. The van der Waals surface area contributed by atoms with Crippen molar-refractivity contribution in [3.05, 3.63) is 35.6 Å². The second-order valence-electron chi connectivity index (χ2n) is 5.80. The van der Waals surface area contributed by atoms with E-state index in [0.29, 0.717) is 39.0 Å². The molecule has 0 saturated carbocycles. The Morgan fingerprint density at radius 1 is 1.38 bits per heavy atom. The number of carbonyl (C=O) groups excluding carboxylic acids is 1. The molecule has 1 unspecified atom stereocenters. The van der Waals surface area contributed by atoms with Crippen LogP contribution in [0.1, 0.15) is 25.3 Å². The maximum absolute atomic E-state index is 12.9. The average Bonchev–Trinajstić information content (AvgIpc) is 2.50. The Kier molecular flexibility index (Phi) is 5.31. The van der Waals surface area contributed by atoms with Crippen LogP contribution < -0.4 is 11.1 Å². The minimum absolute atomic E-state index is 0.00270. The largest absolute Gasteiger partial charge is 0.381 e. The third-order valence-corrected chi connectivity index (χ3v) is 4.15. The van der Waals surface area contributed by atoms with E-state index in [1.807, 2.05) is 6.92 Å². The molecular formula is C16H23FN2O2. The van der Waals surface area contributed by atoms with Crippen molar-refractivity contribution in [1.82, 2.24) is 5.32 Å². The molecule has 1 aliphatic heterocycles. The van der Waals surface area contributed by atoms with E-state index >= 15 is 0 Å². The van der Waals surface area contributed by atoms with Crippen molar-refractivity contribution in [3.8, 4) is 0 Å². The molecule has 0 bridgehead atoms. The van der Waals surface area contributed by atoms with Crippen LogP contribution in [-0.4, -0.2) is 31.7 Å². The lowest BCUT2D eigenvalue weighted by Crippen LogP contribution is -2.51. The standard InChI is InChI=1S/C16H23FN2O2/c1-12(10-13-2-4-14(17)5-3-13)19-15(20)16(11-18)6-8-21-9-7-16/h2-5,12H,6-11,18H2,1H3,(H,19,20). The van der Waals surface area contributed by atoms with Crippen LogP contribution in [-0.2, 0) is 16.0 Å². The van der Waals surface area contributed by atoms with Gasteiger partial charge in [-0.1, -0.05) is 12.1 Å². The van der Waals surface area contributed by atoms with Gasteiger partial charge in [0.2, 0.25) is 5.91 Å². The summed E-state index contributed by atoms with van der Waals surface area (Å²) in [5.74, 6) is -0.248. The van der Waals surface area contributed by atoms with Gasteiger partial charge in [0, 0.05) is 25.8 Å². The fraction of sp³-hybridized carbons (Fsp3) is 0.562. The van der Waals surface area contributed by atoms with Gasteiger partial charge in [-0.15, -0.1) is 0 Å². The first-order valence-corrected chi connectivity index (χ1v) is 7.39. The van der Waals surface area contributed by atoms with E-state index in [-0.39, 0.29) is 17.8 Å². The van der Waals surface area contributed by atoms with E-state index in [9.17, 15) is 9.18 Å². The van der Waals surface area contributed by atoms with Gasteiger partial charge in [-0.25, -0.2) is 4.39 Å². The molecule has 0 spiro atoms. The molecule has 4 nitrogen and oxygen atoms in total. The predicted octanol–water partition coefficient (Wildman–Crippen LogP) is 1.63. The Bertz CT molecular complexity index is 470. The molecule has 1 aliphatic rings. The van der Waals surface area contributed by atoms with Crippen molar-refractivity contribution in [1.29, 1.82) is 0 Å². The summed E-state index contributed by atoms with van der Waals surface area (Å²) in [5, 5.41) is 3.04. The molecule has 0 radical (unpaired) electrons. The number of carbonyl (C=O) groups is 1. The first-order chi connectivity index (χ1) is 10.1. The number of hydrogen-bond acceptors (Lipinski definition) is 3. The maximum atomic E-state index is 12.9. The minimum atomic E-state index is -0.505. The molecule has 0 aliphatic carbocycles. The van der Waals surface area contributed by atoms with Gasteiger partial charge in [-0.2, -0.15) is 0 Å². The zero-order chi connectivity index (χ0) is 15.3. The van der Waals surface area contributed by atoms with Crippen LogP contribution >= 0.6 is 0 Å². The third kappa shape index (κ3) is 4.02. The number of halogens is 1. The summed E-state index contributed by atoms with van der Waals surface area (Å²) in [7, 11) is 0. The second-order valence-corrected chi connectivity index (χ2v) is 5.80. The Labute approximate surface area is 124 Å². The van der Waals surface area contributed by atoms with Gasteiger partial charge in [-0.05, 0) is 43.9 Å². The molecule has 1 heterocycles. The lowest BCUT2D eigenvalue weighted by atomic mass is 9.79. The van der Waals surface area contributed by atoms with Crippen LogP contribution in [0.4, 0.5) is 4.39 Å². The molecule has 1 aromatic rings. The third-order valence-electron chi connectivity index (χ3n) is 4.15. The summed E-state index contributed by atoms with van der Waals surface area (Å²) >= 11 is 0. The Morgan fingerprint density at radius 2 is 2.00 bits per heavy atom. The quantitative estimate of drug-likeness (QED) is 0.867. The van der Waals surface area contributed by atoms with E-state index in [2.05, 4.69) is 5.32 Å². The first kappa shape index (κ1) is 15.9. The van der Waals surface area contributed by atoms with Gasteiger partial charge in [0.1, 0.15) is 5.82 Å². The molecule has 1 fully saturated rings. The summed E-state index contributed by atoms with van der Waals surface area (Å²) in [6, 6.07) is 6.33. The number of nitrogens with two attached hydrogens (primary N) is 1. The molecule has 21 heavy (non-hydrogen) atoms. The first-order valence-electron chi connectivity index (χ1n) is 7.39. The molecule has 1 saturated heterocycles. The monoisotopic (exact) mass is 294 g/mol. The van der Waals surface area contributed by atoms with Gasteiger partial charge in [0.05, 0.1) is 5.41 Å². The lowest BCUT2D eigenvalue weighted by Gasteiger charge is -2.35. The lowest BCUT2D eigenvalue weighted by molar-refractivity contribution is -0.136. The van der Waals surface area contributed by atoms with Crippen molar-refractivity contribution in [2.45, 2.75) is 32.2 Å². The molecule has 1 aromatic carbocycles. The smallest absolute Gasteiger partial charge is 0.227 e. The van der Waals surface area contributed by atoms with Crippen molar-refractivity contribution in [3.63, 3.8) is 0 Å². The van der Waals surface area contributed by atoms with Crippen LogP contribution in [0.5, 0.6) is 0 Å². The SMILES string of the molecule is CC(Cc1ccc(F)cc1)NC(=O)C1(CN)CCOCC1. The minimum Gasteiger partial charge on any atom is -0.381 e. The topological polar surface area (TPSA) is 64.4 Å². The predicted molar refractivity (Wildman–Crippen MR) is 79.2 cm³/mol. The number of hydrogen-bond donors (Lipinski definition) is 2. The molecule has 1 amide bonds. The second kappa shape index (κ2) is 7.00. The fourth-order valence-corrected chi connectivity index (χ4v) is 2.69. The van der Waals surface area contributed by atoms with Crippen molar-refractivity contribution >= 4 is 5.91 Å². The Balaban J connectivity index is 1.93. The van der Waals surface area contributed by atoms with Gasteiger partial charge in [0.15, 0.2) is 0 Å². The molecular weight excluding hydrogens is 271 g/mol. The van der Waals surface area contributed by atoms with Crippen molar-refractivity contribution < 1.29 is 13.9 Å². The summed E-state index contributed by atoms with van der Waals surface area (Å²) < 4.78 is 18.2. The number of nitrogens with one attached hydrogen (secondary N) is 1. The molecule has 116 valence electrons. The van der Waals surface area contributed by atoms with Crippen molar-refractivity contribution in [2.24, 2.45) is 11.1 Å². The molecule has 5 heteroatoms. The number of benzene rings is 1.